The molecule has 30 heavy (non-hydrogen) atoms. The number of benzene rings is 1. The van der Waals surface area contributed by atoms with E-state index in [1.165, 1.54) is 10.8 Å². The first-order chi connectivity index (χ1) is 14.6. The van der Waals surface area contributed by atoms with Crippen LogP contribution in [-0.4, -0.2) is 42.5 Å². The van der Waals surface area contributed by atoms with Crippen molar-refractivity contribution in [2.75, 3.05) is 17.7 Å². The Balaban J connectivity index is 1.52. The van der Waals surface area contributed by atoms with Crippen LogP contribution in [0, 0.1) is 0 Å². The van der Waals surface area contributed by atoms with E-state index in [4.69, 9.17) is 9.15 Å². The maximum Gasteiger partial charge on any atom is 0.326 e. The molecule has 11 nitrogen and oxygen atoms in total. The zero-order valence-electron chi connectivity index (χ0n) is 16.0. The Bertz CT molecular complexity index is 1350. The van der Waals surface area contributed by atoms with Gasteiger partial charge < -0.3 is 14.5 Å². The first kappa shape index (κ1) is 17.7. The van der Waals surface area contributed by atoms with Gasteiger partial charge in [-0.2, -0.15) is 9.61 Å². The van der Waals surface area contributed by atoms with E-state index < -0.39 is 6.03 Å². The van der Waals surface area contributed by atoms with Gasteiger partial charge in [0.05, 0.1) is 19.6 Å². The molecule has 0 aliphatic rings. The summed E-state index contributed by atoms with van der Waals surface area (Å²) in [6.45, 7) is 0. The second-order valence-corrected chi connectivity index (χ2v) is 6.43. The highest BCUT2D eigenvalue weighted by molar-refractivity contribution is 6.00. The molecule has 5 rings (SSSR count). The van der Waals surface area contributed by atoms with Gasteiger partial charge in [0.25, 0.3) is 0 Å². The van der Waals surface area contributed by atoms with Crippen molar-refractivity contribution in [2.24, 2.45) is 7.05 Å². The molecule has 1 aromatic carbocycles. The van der Waals surface area contributed by atoms with Crippen LogP contribution in [0.15, 0.2) is 53.3 Å². The summed E-state index contributed by atoms with van der Waals surface area (Å²) in [5.41, 5.74) is 2.18. The SMILES string of the molecule is COc1ccc(NC(=O)Nc2nc3cn(C)nc3c3nc(-c4ccco4)nn23)cc1. The number of hydrogen-bond acceptors (Lipinski definition) is 7. The predicted octanol–water partition coefficient (Wildman–Crippen LogP) is 2.92. The highest BCUT2D eigenvalue weighted by atomic mass is 16.5. The van der Waals surface area contributed by atoms with Gasteiger partial charge in [-0.25, -0.2) is 14.8 Å². The molecule has 5 aromatic rings. The van der Waals surface area contributed by atoms with E-state index in [2.05, 4.69) is 30.8 Å². The van der Waals surface area contributed by atoms with Crippen molar-refractivity contribution in [1.29, 1.82) is 0 Å². The maximum absolute atomic E-state index is 12.6. The van der Waals surface area contributed by atoms with E-state index in [1.54, 1.807) is 61.4 Å². The van der Waals surface area contributed by atoms with Crippen LogP contribution in [0.1, 0.15) is 0 Å². The molecule has 0 aliphatic heterocycles. The molecule has 2 amide bonds. The number of carbonyl (C=O) groups excluding carboxylic acids is 1. The number of fused-ring (bicyclic) bond motifs is 3. The molecule has 0 radical (unpaired) electrons. The number of amides is 2. The van der Waals surface area contributed by atoms with Crippen molar-refractivity contribution in [3.8, 4) is 17.3 Å². The van der Waals surface area contributed by atoms with Crippen molar-refractivity contribution in [1.82, 2.24) is 29.4 Å². The third kappa shape index (κ3) is 3.07. The van der Waals surface area contributed by atoms with Crippen LogP contribution < -0.4 is 15.4 Å². The summed E-state index contributed by atoms with van der Waals surface area (Å²) in [7, 11) is 3.36. The Kier molecular flexibility index (Phi) is 4.05. The fourth-order valence-electron chi connectivity index (χ4n) is 3.02. The summed E-state index contributed by atoms with van der Waals surface area (Å²) >= 11 is 0. The molecule has 0 atom stereocenters. The topological polar surface area (TPSA) is 124 Å². The number of hydrogen-bond donors (Lipinski definition) is 2. The summed E-state index contributed by atoms with van der Waals surface area (Å²) in [4.78, 5) is 21.6. The first-order valence-electron chi connectivity index (χ1n) is 8.97. The molecule has 11 heteroatoms. The van der Waals surface area contributed by atoms with Gasteiger partial charge in [0.2, 0.25) is 11.8 Å². The second-order valence-electron chi connectivity index (χ2n) is 6.43. The minimum atomic E-state index is -0.479. The molecule has 0 saturated carbocycles. The number of urea groups is 1. The molecule has 2 N–H and O–H groups in total. The Morgan fingerprint density at radius 1 is 1.10 bits per heavy atom. The number of methoxy groups -OCH3 is 1. The minimum absolute atomic E-state index is 0.196. The van der Waals surface area contributed by atoms with E-state index in [0.29, 0.717) is 39.7 Å². The third-order valence-electron chi connectivity index (χ3n) is 4.37. The molecule has 0 bridgehead atoms. The summed E-state index contributed by atoms with van der Waals surface area (Å²) in [6, 6.07) is 9.99. The normalized spacial score (nSPS) is 11.1. The number of carbonyl (C=O) groups is 1. The number of aromatic nitrogens is 6. The minimum Gasteiger partial charge on any atom is -0.497 e. The van der Waals surface area contributed by atoms with Crippen molar-refractivity contribution in [3.05, 3.63) is 48.9 Å². The number of rotatable bonds is 4. The lowest BCUT2D eigenvalue weighted by atomic mass is 10.3. The lowest BCUT2D eigenvalue weighted by molar-refractivity contribution is 0.262. The summed E-state index contributed by atoms with van der Waals surface area (Å²) in [5.74, 6) is 1.75. The quantitative estimate of drug-likeness (QED) is 0.472. The molecule has 0 saturated heterocycles. The van der Waals surface area contributed by atoms with Gasteiger partial charge in [0.1, 0.15) is 11.3 Å². The van der Waals surface area contributed by atoms with Crippen LogP contribution in [0.4, 0.5) is 16.4 Å². The van der Waals surface area contributed by atoms with Gasteiger partial charge in [0, 0.05) is 12.7 Å². The summed E-state index contributed by atoms with van der Waals surface area (Å²) in [5, 5.41) is 14.3. The number of nitrogens with zero attached hydrogens (tertiary/aromatic N) is 6. The molecule has 0 fully saturated rings. The van der Waals surface area contributed by atoms with E-state index in [-0.39, 0.29) is 5.95 Å². The fraction of sp³-hybridized carbons (Fsp3) is 0.105. The molecular formula is C19H16N8O3. The second kappa shape index (κ2) is 6.88. The molecule has 0 unspecified atom stereocenters. The van der Waals surface area contributed by atoms with E-state index in [0.717, 1.165) is 0 Å². The molecule has 0 spiro atoms. The number of aryl methyl sites for hydroxylation is 1. The lowest BCUT2D eigenvalue weighted by Crippen LogP contribution is -2.22. The van der Waals surface area contributed by atoms with Crippen LogP contribution >= 0.6 is 0 Å². The first-order valence-corrected chi connectivity index (χ1v) is 8.97. The Hall–Kier alpha value is -4.41. The number of ether oxygens (including phenoxy) is 1. The van der Waals surface area contributed by atoms with Gasteiger partial charge in [-0.05, 0) is 36.4 Å². The highest BCUT2D eigenvalue weighted by Gasteiger charge is 2.19. The van der Waals surface area contributed by atoms with Gasteiger partial charge in [-0.1, -0.05) is 0 Å². The number of furan rings is 1. The molecule has 4 aromatic heterocycles. The van der Waals surface area contributed by atoms with E-state index in [9.17, 15) is 4.79 Å². The van der Waals surface area contributed by atoms with Crippen molar-refractivity contribution in [3.63, 3.8) is 0 Å². The Morgan fingerprint density at radius 3 is 2.67 bits per heavy atom. The maximum atomic E-state index is 12.6. The summed E-state index contributed by atoms with van der Waals surface area (Å²) < 4.78 is 13.6. The third-order valence-corrected chi connectivity index (χ3v) is 4.37. The van der Waals surface area contributed by atoms with Crippen LogP contribution in [0.5, 0.6) is 5.75 Å². The average molecular weight is 404 g/mol. The lowest BCUT2D eigenvalue weighted by Gasteiger charge is -2.08. The van der Waals surface area contributed by atoms with Crippen LogP contribution in [0.25, 0.3) is 28.3 Å². The average Bonchev–Trinajstić information content (AvgIpc) is 3.47. The Morgan fingerprint density at radius 2 is 1.93 bits per heavy atom. The van der Waals surface area contributed by atoms with Gasteiger partial charge in [-0.3, -0.25) is 10.00 Å². The van der Waals surface area contributed by atoms with E-state index in [1.807, 2.05) is 0 Å². The molecule has 150 valence electrons. The zero-order chi connectivity index (χ0) is 20.7. The predicted molar refractivity (Wildman–Crippen MR) is 108 cm³/mol. The van der Waals surface area contributed by atoms with Gasteiger partial charge in [-0.15, -0.1) is 5.10 Å². The van der Waals surface area contributed by atoms with Crippen LogP contribution in [0.2, 0.25) is 0 Å². The Labute approximate surface area is 169 Å². The molecule has 4 heterocycles. The van der Waals surface area contributed by atoms with Gasteiger partial charge >= 0.3 is 6.03 Å². The van der Waals surface area contributed by atoms with E-state index >= 15 is 0 Å². The fourth-order valence-corrected chi connectivity index (χ4v) is 3.02. The summed E-state index contributed by atoms with van der Waals surface area (Å²) in [6.07, 6.45) is 3.28. The standard InChI is InChI=1S/C19H16N8O3/c1-26-10-13-15(24-26)17-22-16(14-4-3-9-30-14)25-27(17)18(21-13)23-19(28)20-11-5-7-12(29-2)8-6-11/h3-10H,1-2H3,(H2,20,21,23,28). The number of anilines is 2. The molecule has 0 aliphatic carbocycles. The largest absolute Gasteiger partial charge is 0.497 e. The van der Waals surface area contributed by atoms with Crippen molar-refractivity contribution in [2.45, 2.75) is 0 Å². The monoisotopic (exact) mass is 404 g/mol. The molecular weight excluding hydrogens is 388 g/mol. The van der Waals surface area contributed by atoms with Crippen LogP contribution in [-0.2, 0) is 7.05 Å². The van der Waals surface area contributed by atoms with Gasteiger partial charge in [0.15, 0.2) is 16.9 Å². The van der Waals surface area contributed by atoms with Crippen molar-refractivity contribution < 1.29 is 13.9 Å². The van der Waals surface area contributed by atoms with Crippen molar-refractivity contribution >= 4 is 34.3 Å². The highest BCUT2D eigenvalue weighted by Crippen LogP contribution is 2.23. The van der Waals surface area contributed by atoms with Crippen LogP contribution in [0.3, 0.4) is 0 Å². The number of nitrogens with one attached hydrogen (secondary N) is 2. The smallest absolute Gasteiger partial charge is 0.326 e. The zero-order valence-corrected chi connectivity index (χ0v) is 16.0.